The molecule has 1 heteroatoms. The molecule has 3 rings (SSSR count). The fraction of sp³-hybridized carbons (Fsp3) is 0.158. The van der Waals surface area contributed by atoms with E-state index in [-0.39, 0.29) is 5.41 Å². The van der Waals surface area contributed by atoms with Gasteiger partial charge in [0.15, 0.2) is 0 Å². The predicted octanol–water partition coefficient (Wildman–Crippen LogP) is 5.87. The Morgan fingerprint density at radius 2 is 1.55 bits per heavy atom. The normalized spacial score (nSPS) is 14.4. The molecular weight excluding hydrogens is 308 g/mol. The minimum absolute atomic E-state index is 0.0322. The maximum Gasteiger partial charge on any atom is 0.0294 e. The molecule has 0 amide bonds. The number of rotatable bonds is 4. The fourth-order valence-corrected chi connectivity index (χ4v) is 4.25. The molecule has 0 saturated heterocycles. The van der Waals surface area contributed by atoms with Crippen LogP contribution in [0.3, 0.4) is 0 Å². The summed E-state index contributed by atoms with van der Waals surface area (Å²) in [7, 11) is 0. The summed E-state index contributed by atoms with van der Waals surface area (Å²) in [5.74, 6) is 0. The van der Waals surface area contributed by atoms with E-state index in [1.807, 2.05) is 12.2 Å². The van der Waals surface area contributed by atoms with Crippen LogP contribution >= 0.6 is 15.9 Å². The number of benzene rings is 2. The summed E-state index contributed by atoms with van der Waals surface area (Å²) in [6.45, 7) is 7.95. The van der Waals surface area contributed by atoms with Gasteiger partial charge in [0.1, 0.15) is 0 Å². The van der Waals surface area contributed by atoms with Crippen molar-refractivity contribution in [3.8, 4) is 11.1 Å². The molecule has 20 heavy (non-hydrogen) atoms. The van der Waals surface area contributed by atoms with Crippen molar-refractivity contribution in [1.82, 2.24) is 0 Å². The van der Waals surface area contributed by atoms with Crippen LogP contribution in [0, 0.1) is 0 Å². The lowest BCUT2D eigenvalue weighted by atomic mass is 9.73. The summed E-state index contributed by atoms with van der Waals surface area (Å²) >= 11 is 3.75. The van der Waals surface area contributed by atoms with E-state index >= 15 is 0 Å². The average Bonchev–Trinajstić information content (AvgIpc) is 2.73. The van der Waals surface area contributed by atoms with Gasteiger partial charge >= 0.3 is 0 Å². The molecule has 0 aliphatic heterocycles. The van der Waals surface area contributed by atoms with Crippen LogP contribution in [0.1, 0.15) is 24.0 Å². The second-order valence-electron chi connectivity index (χ2n) is 5.28. The molecule has 0 heterocycles. The number of allylic oxidation sites excluding steroid dienone is 2. The number of fused-ring (bicyclic) bond motifs is 3. The molecule has 2 aromatic rings. The van der Waals surface area contributed by atoms with E-state index in [4.69, 9.17) is 0 Å². The topological polar surface area (TPSA) is 0 Å². The monoisotopic (exact) mass is 324 g/mol. The quantitative estimate of drug-likeness (QED) is 0.617. The van der Waals surface area contributed by atoms with Crippen LogP contribution in [-0.2, 0) is 5.41 Å². The molecule has 0 fully saturated rings. The van der Waals surface area contributed by atoms with E-state index < -0.39 is 0 Å². The zero-order chi connectivity index (χ0) is 14.2. The fourth-order valence-electron chi connectivity index (χ4n) is 3.51. The summed E-state index contributed by atoms with van der Waals surface area (Å²) in [6.07, 6.45) is 5.89. The second-order valence-corrected chi connectivity index (χ2v) is 6.13. The molecule has 1 aliphatic rings. The minimum atomic E-state index is -0.0322. The van der Waals surface area contributed by atoms with Gasteiger partial charge in [-0.3, -0.25) is 0 Å². The van der Waals surface area contributed by atoms with Gasteiger partial charge in [-0.05, 0) is 41.2 Å². The van der Waals surface area contributed by atoms with Crippen molar-refractivity contribution in [3.05, 3.63) is 83.4 Å². The van der Waals surface area contributed by atoms with E-state index in [0.29, 0.717) is 0 Å². The van der Waals surface area contributed by atoms with Crippen molar-refractivity contribution in [2.45, 2.75) is 18.3 Å². The first-order chi connectivity index (χ1) is 9.74. The first-order valence-electron chi connectivity index (χ1n) is 6.85. The van der Waals surface area contributed by atoms with E-state index in [9.17, 15) is 0 Å². The summed E-state index contributed by atoms with van der Waals surface area (Å²) < 4.78 is 1.18. The van der Waals surface area contributed by atoms with E-state index in [2.05, 4.69) is 71.6 Å². The van der Waals surface area contributed by atoms with Crippen molar-refractivity contribution in [2.75, 3.05) is 0 Å². The zero-order valence-electron chi connectivity index (χ0n) is 11.4. The van der Waals surface area contributed by atoms with Crippen LogP contribution in [0.2, 0.25) is 0 Å². The molecule has 0 radical (unpaired) electrons. The van der Waals surface area contributed by atoms with Gasteiger partial charge in [0.2, 0.25) is 0 Å². The van der Waals surface area contributed by atoms with Crippen molar-refractivity contribution < 1.29 is 0 Å². The van der Waals surface area contributed by atoms with Crippen molar-refractivity contribution >= 4 is 15.9 Å². The summed E-state index contributed by atoms with van der Waals surface area (Å²) in [4.78, 5) is 0. The molecule has 0 nitrogen and oxygen atoms in total. The second kappa shape index (κ2) is 5.06. The third-order valence-electron chi connectivity index (χ3n) is 4.21. The Hall–Kier alpha value is -1.60. The summed E-state index contributed by atoms with van der Waals surface area (Å²) in [5, 5.41) is 0. The minimum Gasteiger partial charge on any atom is -0.103 e. The van der Waals surface area contributed by atoms with Crippen LogP contribution < -0.4 is 0 Å². The van der Waals surface area contributed by atoms with Gasteiger partial charge in [-0.2, -0.15) is 0 Å². The molecule has 0 saturated carbocycles. The molecular formula is C19H17Br. The Bertz CT molecular complexity index is 672. The van der Waals surface area contributed by atoms with E-state index in [0.717, 1.165) is 12.8 Å². The molecule has 1 aliphatic carbocycles. The SMILES string of the molecule is C=CCC1(CC=C)c2ccccc2-c2cccc(Br)c21. The lowest BCUT2D eigenvalue weighted by molar-refractivity contribution is 0.541. The van der Waals surface area contributed by atoms with Gasteiger partial charge in [0, 0.05) is 9.89 Å². The van der Waals surface area contributed by atoms with Crippen molar-refractivity contribution in [1.29, 1.82) is 0 Å². The highest BCUT2D eigenvalue weighted by Gasteiger charge is 2.42. The van der Waals surface area contributed by atoms with Gasteiger partial charge in [-0.1, -0.05) is 64.5 Å². The molecule has 0 bridgehead atoms. The van der Waals surface area contributed by atoms with Gasteiger partial charge in [0.05, 0.1) is 0 Å². The Balaban J connectivity index is 2.39. The van der Waals surface area contributed by atoms with Crippen LogP contribution in [0.15, 0.2) is 72.2 Å². The molecule has 100 valence electrons. The Morgan fingerprint density at radius 3 is 2.25 bits per heavy atom. The third kappa shape index (κ3) is 1.73. The molecule has 0 unspecified atom stereocenters. The highest BCUT2D eigenvalue weighted by molar-refractivity contribution is 9.10. The smallest absolute Gasteiger partial charge is 0.0294 e. The van der Waals surface area contributed by atoms with Gasteiger partial charge in [0.25, 0.3) is 0 Å². The first kappa shape index (κ1) is 13.4. The molecule has 0 N–H and O–H groups in total. The van der Waals surface area contributed by atoms with Crippen LogP contribution in [0.5, 0.6) is 0 Å². The molecule has 2 aromatic carbocycles. The summed E-state index contributed by atoms with van der Waals surface area (Å²) in [5.41, 5.74) is 5.41. The lowest BCUT2D eigenvalue weighted by Crippen LogP contribution is -2.24. The third-order valence-corrected chi connectivity index (χ3v) is 4.87. The first-order valence-corrected chi connectivity index (χ1v) is 7.64. The van der Waals surface area contributed by atoms with Crippen molar-refractivity contribution in [2.24, 2.45) is 0 Å². The largest absolute Gasteiger partial charge is 0.103 e. The zero-order valence-corrected chi connectivity index (χ0v) is 13.0. The van der Waals surface area contributed by atoms with Gasteiger partial charge in [-0.25, -0.2) is 0 Å². The van der Waals surface area contributed by atoms with Crippen molar-refractivity contribution in [3.63, 3.8) is 0 Å². The number of hydrogen-bond acceptors (Lipinski definition) is 0. The summed E-state index contributed by atoms with van der Waals surface area (Å²) in [6, 6.07) is 15.2. The number of halogens is 1. The standard InChI is InChI=1S/C19H17Br/c1-3-12-19(13-4-2)16-10-6-5-8-14(16)15-9-7-11-17(20)18(15)19/h3-11H,1-2,12-13H2. The molecule has 0 spiro atoms. The Morgan fingerprint density at radius 1 is 0.900 bits per heavy atom. The van der Waals surface area contributed by atoms with Gasteiger partial charge in [-0.15, -0.1) is 13.2 Å². The van der Waals surface area contributed by atoms with Gasteiger partial charge < -0.3 is 0 Å². The Labute approximate surface area is 129 Å². The van der Waals surface area contributed by atoms with E-state index in [1.165, 1.54) is 26.7 Å². The predicted molar refractivity (Wildman–Crippen MR) is 90.0 cm³/mol. The average molecular weight is 325 g/mol. The molecule has 0 aromatic heterocycles. The van der Waals surface area contributed by atoms with Crippen LogP contribution in [0.4, 0.5) is 0 Å². The van der Waals surface area contributed by atoms with Crippen LogP contribution in [0.25, 0.3) is 11.1 Å². The Kier molecular flexibility index (Phi) is 3.39. The number of hydrogen-bond donors (Lipinski definition) is 0. The maximum absolute atomic E-state index is 3.98. The highest BCUT2D eigenvalue weighted by atomic mass is 79.9. The highest BCUT2D eigenvalue weighted by Crippen LogP contribution is 2.55. The van der Waals surface area contributed by atoms with E-state index in [1.54, 1.807) is 0 Å². The lowest BCUT2D eigenvalue weighted by Gasteiger charge is -2.30. The maximum atomic E-state index is 3.98. The molecule has 0 atom stereocenters. The van der Waals surface area contributed by atoms with Crippen LogP contribution in [-0.4, -0.2) is 0 Å².